The Labute approximate surface area is 132 Å². The van der Waals surface area contributed by atoms with Gasteiger partial charge in [0.2, 0.25) is 5.91 Å². The Morgan fingerprint density at radius 1 is 1.24 bits per heavy atom. The van der Waals surface area contributed by atoms with Crippen molar-refractivity contribution in [2.75, 3.05) is 12.0 Å². The first-order valence-corrected chi connectivity index (χ1v) is 8.93. The summed E-state index contributed by atoms with van der Waals surface area (Å²) >= 11 is 1.87. The van der Waals surface area contributed by atoms with E-state index in [1.54, 1.807) is 0 Å². The van der Waals surface area contributed by atoms with Crippen LogP contribution < -0.4 is 11.1 Å². The van der Waals surface area contributed by atoms with E-state index in [-0.39, 0.29) is 5.91 Å². The Morgan fingerprint density at radius 3 is 2.48 bits per heavy atom. The number of hydrogen-bond donors (Lipinski definition) is 2. The molecule has 2 rings (SSSR count). The van der Waals surface area contributed by atoms with Gasteiger partial charge in [0.1, 0.15) is 0 Å². The van der Waals surface area contributed by atoms with Crippen LogP contribution in [-0.2, 0) is 10.2 Å². The molecule has 1 aliphatic carbocycles. The molecule has 21 heavy (non-hydrogen) atoms. The van der Waals surface area contributed by atoms with Gasteiger partial charge in [-0.05, 0) is 50.6 Å². The molecule has 4 heteroatoms. The summed E-state index contributed by atoms with van der Waals surface area (Å²) in [6.45, 7) is 3.95. The summed E-state index contributed by atoms with van der Waals surface area (Å²) in [6, 6.07) is 7.91. The van der Waals surface area contributed by atoms with E-state index in [1.165, 1.54) is 19.3 Å². The number of carbonyl (C=O) groups is 1. The normalized spacial score (nSPS) is 22.8. The van der Waals surface area contributed by atoms with Gasteiger partial charge in [0.15, 0.2) is 0 Å². The summed E-state index contributed by atoms with van der Waals surface area (Å²) in [5.41, 5.74) is 6.93. The molecule has 1 aliphatic rings. The van der Waals surface area contributed by atoms with Gasteiger partial charge in [0.05, 0.1) is 5.41 Å². The van der Waals surface area contributed by atoms with Crippen LogP contribution in [0.5, 0.6) is 0 Å². The molecule has 1 aromatic rings. The number of hydrogen-bond acceptors (Lipinski definition) is 3. The first-order valence-electron chi connectivity index (χ1n) is 7.65. The van der Waals surface area contributed by atoms with Crippen LogP contribution in [0.15, 0.2) is 24.3 Å². The van der Waals surface area contributed by atoms with Gasteiger partial charge in [-0.1, -0.05) is 25.0 Å². The number of anilines is 1. The summed E-state index contributed by atoms with van der Waals surface area (Å²) in [5, 5.41) is 3.83. The second-order valence-corrected chi connectivity index (χ2v) is 7.46. The summed E-state index contributed by atoms with van der Waals surface area (Å²) < 4.78 is 0. The highest BCUT2D eigenvalue weighted by molar-refractivity contribution is 7.99. The van der Waals surface area contributed by atoms with Gasteiger partial charge in [-0.15, -0.1) is 0 Å². The highest BCUT2D eigenvalue weighted by Gasteiger charge is 2.33. The fourth-order valence-corrected chi connectivity index (χ4v) is 3.86. The number of amides is 1. The first kappa shape index (κ1) is 16.2. The van der Waals surface area contributed by atoms with Gasteiger partial charge in [0, 0.05) is 17.0 Å². The highest BCUT2D eigenvalue weighted by atomic mass is 32.2. The number of nitrogens with two attached hydrogens (primary N) is 1. The van der Waals surface area contributed by atoms with Gasteiger partial charge in [-0.2, -0.15) is 11.8 Å². The standard InChI is InChI=1S/C17H26N2OS/c1-17(2,12-8-10-13(18)11-9-12)16(20)19-14-6-4-5-7-15(14)21-3/h8-11,14-15H,4-7,18H2,1-3H3,(H,19,20). The molecule has 2 atom stereocenters. The van der Waals surface area contributed by atoms with Gasteiger partial charge in [0.25, 0.3) is 0 Å². The topological polar surface area (TPSA) is 55.1 Å². The van der Waals surface area contributed by atoms with E-state index < -0.39 is 5.41 Å². The third-order valence-electron chi connectivity index (χ3n) is 4.52. The third-order valence-corrected chi connectivity index (χ3v) is 5.69. The summed E-state index contributed by atoms with van der Waals surface area (Å²) in [7, 11) is 0. The van der Waals surface area contributed by atoms with Crippen molar-refractivity contribution in [2.24, 2.45) is 0 Å². The molecule has 0 aliphatic heterocycles. The minimum Gasteiger partial charge on any atom is -0.399 e. The van der Waals surface area contributed by atoms with Crippen molar-refractivity contribution in [1.82, 2.24) is 5.32 Å². The van der Waals surface area contributed by atoms with E-state index in [0.717, 1.165) is 17.7 Å². The predicted molar refractivity (Wildman–Crippen MR) is 91.6 cm³/mol. The van der Waals surface area contributed by atoms with Crippen molar-refractivity contribution in [1.29, 1.82) is 0 Å². The summed E-state index contributed by atoms with van der Waals surface area (Å²) in [6.07, 6.45) is 6.92. The van der Waals surface area contributed by atoms with Crippen LogP contribution in [0.1, 0.15) is 45.1 Å². The molecule has 0 saturated heterocycles. The second-order valence-electron chi connectivity index (χ2n) is 6.39. The molecule has 1 amide bonds. The molecule has 0 bridgehead atoms. The zero-order valence-electron chi connectivity index (χ0n) is 13.2. The Kier molecular flexibility index (Phi) is 5.20. The molecule has 2 unspecified atom stereocenters. The molecule has 3 nitrogen and oxygen atoms in total. The zero-order valence-corrected chi connectivity index (χ0v) is 14.0. The minimum absolute atomic E-state index is 0.109. The lowest BCUT2D eigenvalue weighted by molar-refractivity contribution is -0.126. The van der Waals surface area contributed by atoms with E-state index >= 15 is 0 Å². The van der Waals surface area contributed by atoms with Crippen molar-refractivity contribution in [3.8, 4) is 0 Å². The molecule has 1 aromatic carbocycles. The monoisotopic (exact) mass is 306 g/mol. The Morgan fingerprint density at radius 2 is 1.86 bits per heavy atom. The molecule has 0 radical (unpaired) electrons. The van der Waals surface area contributed by atoms with Crippen LogP contribution in [0.25, 0.3) is 0 Å². The fourth-order valence-electron chi connectivity index (χ4n) is 2.92. The average Bonchev–Trinajstić information content (AvgIpc) is 2.48. The van der Waals surface area contributed by atoms with E-state index in [2.05, 4.69) is 11.6 Å². The Hall–Kier alpha value is -1.16. The number of nitrogen functional groups attached to an aromatic ring is 1. The van der Waals surface area contributed by atoms with E-state index in [4.69, 9.17) is 5.73 Å². The maximum atomic E-state index is 12.7. The molecule has 0 heterocycles. The van der Waals surface area contributed by atoms with Crippen molar-refractivity contribution in [3.63, 3.8) is 0 Å². The maximum Gasteiger partial charge on any atom is 0.230 e. The lowest BCUT2D eigenvalue weighted by atomic mass is 9.82. The molecule has 116 valence electrons. The minimum atomic E-state index is -0.534. The van der Waals surface area contributed by atoms with Crippen molar-refractivity contribution >= 4 is 23.4 Å². The van der Waals surface area contributed by atoms with Gasteiger partial charge in [-0.25, -0.2) is 0 Å². The van der Waals surface area contributed by atoms with Gasteiger partial charge >= 0.3 is 0 Å². The quantitative estimate of drug-likeness (QED) is 0.839. The smallest absolute Gasteiger partial charge is 0.230 e. The second kappa shape index (κ2) is 6.73. The highest BCUT2D eigenvalue weighted by Crippen LogP contribution is 2.29. The lowest BCUT2D eigenvalue weighted by Crippen LogP contribution is -2.49. The van der Waals surface area contributed by atoms with Gasteiger partial charge < -0.3 is 11.1 Å². The Bertz CT molecular complexity index is 484. The zero-order chi connectivity index (χ0) is 15.5. The lowest BCUT2D eigenvalue weighted by Gasteiger charge is -2.34. The number of benzene rings is 1. The van der Waals surface area contributed by atoms with Crippen LogP contribution in [0, 0.1) is 0 Å². The molecular formula is C17H26N2OS. The van der Waals surface area contributed by atoms with Crippen LogP contribution >= 0.6 is 11.8 Å². The van der Waals surface area contributed by atoms with Crippen molar-refractivity contribution < 1.29 is 4.79 Å². The predicted octanol–water partition coefficient (Wildman–Crippen LogP) is 3.34. The molecule has 0 spiro atoms. The number of rotatable bonds is 4. The molecule has 3 N–H and O–H groups in total. The number of nitrogens with one attached hydrogen (secondary N) is 1. The van der Waals surface area contributed by atoms with Crippen LogP contribution in [0.3, 0.4) is 0 Å². The van der Waals surface area contributed by atoms with Crippen LogP contribution in [0.2, 0.25) is 0 Å². The number of carbonyl (C=O) groups excluding carboxylic acids is 1. The molecule has 1 fully saturated rings. The summed E-state index contributed by atoms with van der Waals surface area (Å²) in [4.78, 5) is 12.7. The SMILES string of the molecule is CSC1CCCCC1NC(=O)C(C)(C)c1ccc(N)cc1. The largest absolute Gasteiger partial charge is 0.399 e. The molecule has 1 saturated carbocycles. The third kappa shape index (κ3) is 3.73. The maximum absolute atomic E-state index is 12.7. The van der Waals surface area contributed by atoms with E-state index in [9.17, 15) is 4.79 Å². The van der Waals surface area contributed by atoms with E-state index in [1.807, 2.05) is 49.9 Å². The van der Waals surface area contributed by atoms with Crippen molar-refractivity contribution in [2.45, 2.75) is 56.2 Å². The first-order chi connectivity index (χ1) is 9.95. The average molecular weight is 306 g/mol. The molecule has 0 aromatic heterocycles. The van der Waals surface area contributed by atoms with Crippen LogP contribution in [0.4, 0.5) is 5.69 Å². The number of thioether (sulfide) groups is 1. The van der Waals surface area contributed by atoms with E-state index in [0.29, 0.717) is 11.3 Å². The molecular weight excluding hydrogens is 280 g/mol. The van der Waals surface area contributed by atoms with Crippen LogP contribution in [-0.4, -0.2) is 23.5 Å². The summed E-state index contributed by atoms with van der Waals surface area (Å²) in [5.74, 6) is 0.109. The fraction of sp³-hybridized carbons (Fsp3) is 0.588. The van der Waals surface area contributed by atoms with Crippen molar-refractivity contribution in [3.05, 3.63) is 29.8 Å². The Balaban J connectivity index is 2.08. The van der Waals surface area contributed by atoms with Gasteiger partial charge in [-0.3, -0.25) is 4.79 Å².